The van der Waals surface area contributed by atoms with E-state index in [4.69, 9.17) is 4.74 Å². The van der Waals surface area contributed by atoms with E-state index >= 15 is 0 Å². The molecule has 2 unspecified atom stereocenters. The summed E-state index contributed by atoms with van der Waals surface area (Å²) in [5.74, 6) is -1.42. The summed E-state index contributed by atoms with van der Waals surface area (Å²) in [6, 6.07) is 4.12. The molecule has 1 aromatic rings. The fourth-order valence-corrected chi connectivity index (χ4v) is 3.13. The van der Waals surface area contributed by atoms with Crippen molar-refractivity contribution in [3.05, 3.63) is 29.8 Å². The van der Waals surface area contributed by atoms with Gasteiger partial charge in [-0.2, -0.15) is 0 Å². The minimum Gasteiger partial charge on any atom is -0.490 e. The summed E-state index contributed by atoms with van der Waals surface area (Å²) in [4.78, 5) is 0. The highest BCUT2D eigenvalue weighted by molar-refractivity contribution is 5.24. The average Bonchev–Trinajstić information content (AvgIpc) is 3.27. The van der Waals surface area contributed by atoms with E-state index in [-0.39, 0.29) is 18.2 Å². The van der Waals surface area contributed by atoms with E-state index in [1.54, 1.807) is 0 Å². The lowest BCUT2D eigenvalue weighted by Crippen LogP contribution is -2.54. The smallest absolute Gasteiger partial charge is 0.162 e. The van der Waals surface area contributed by atoms with Crippen molar-refractivity contribution in [2.45, 2.75) is 56.2 Å². The van der Waals surface area contributed by atoms with Gasteiger partial charge in [-0.05, 0) is 44.2 Å². The van der Waals surface area contributed by atoms with Gasteiger partial charge in [-0.1, -0.05) is 0 Å². The fraction of sp³-hybridized carbons (Fsp3) is 0.625. The largest absolute Gasteiger partial charge is 0.490 e. The van der Waals surface area contributed by atoms with Gasteiger partial charge in [0.15, 0.2) is 11.6 Å². The Bertz CT molecular complexity index is 507. The van der Waals surface area contributed by atoms with Crippen LogP contribution in [0.25, 0.3) is 0 Å². The molecule has 2 aliphatic rings. The average molecular weight is 297 g/mol. The van der Waals surface area contributed by atoms with Crippen LogP contribution >= 0.6 is 0 Å². The van der Waals surface area contributed by atoms with E-state index in [1.165, 1.54) is 6.07 Å². The van der Waals surface area contributed by atoms with Gasteiger partial charge in [0.1, 0.15) is 11.9 Å². The predicted octanol–water partition coefficient (Wildman–Crippen LogP) is 2.77. The Morgan fingerprint density at radius 1 is 1.24 bits per heavy atom. The van der Waals surface area contributed by atoms with Crippen LogP contribution in [0.2, 0.25) is 0 Å². The summed E-state index contributed by atoms with van der Waals surface area (Å²) in [6.07, 6.45) is 5.69. The molecular weight excluding hydrogens is 276 g/mol. The van der Waals surface area contributed by atoms with Gasteiger partial charge in [0.2, 0.25) is 0 Å². The molecule has 1 aromatic carbocycles. The normalized spacial score (nSPS) is 29.4. The van der Waals surface area contributed by atoms with E-state index < -0.39 is 11.6 Å². The van der Waals surface area contributed by atoms with Crippen molar-refractivity contribution < 1.29 is 18.6 Å². The molecule has 3 rings (SSSR count). The Kier molecular flexibility index (Phi) is 4.13. The van der Waals surface area contributed by atoms with Crippen molar-refractivity contribution >= 4 is 0 Å². The topological polar surface area (TPSA) is 41.5 Å². The zero-order chi connectivity index (χ0) is 14.9. The molecule has 0 radical (unpaired) electrons. The number of benzene rings is 1. The highest BCUT2D eigenvalue weighted by Crippen LogP contribution is 2.34. The highest BCUT2D eigenvalue weighted by Gasteiger charge is 2.40. The first kappa shape index (κ1) is 14.7. The van der Waals surface area contributed by atoms with Crippen LogP contribution in [-0.2, 0) is 0 Å². The first-order chi connectivity index (χ1) is 10.1. The second kappa shape index (κ2) is 5.89. The number of aliphatic hydroxyl groups is 1. The first-order valence-corrected chi connectivity index (χ1v) is 7.60. The minimum absolute atomic E-state index is 0.0815. The molecule has 3 nitrogen and oxygen atoms in total. The minimum atomic E-state index is -0.896. The third-order valence-electron chi connectivity index (χ3n) is 4.38. The van der Waals surface area contributed by atoms with Crippen molar-refractivity contribution in [1.82, 2.24) is 5.32 Å². The molecule has 2 N–H and O–H groups in total. The zero-order valence-electron chi connectivity index (χ0n) is 11.9. The number of nitrogens with one attached hydrogen (secondary N) is 1. The number of hydrogen-bond acceptors (Lipinski definition) is 3. The Labute approximate surface area is 123 Å². The maximum Gasteiger partial charge on any atom is 0.162 e. The van der Waals surface area contributed by atoms with Crippen LogP contribution in [0.15, 0.2) is 18.2 Å². The van der Waals surface area contributed by atoms with Crippen molar-refractivity contribution in [3.63, 3.8) is 0 Å². The fourth-order valence-electron chi connectivity index (χ4n) is 3.13. The van der Waals surface area contributed by atoms with Crippen LogP contribution in [0.3, 0.4) is 0 Å². The van der Waals surface area contributed by atoms with Gasteiger partial charge in [-0.15, -0.1) is 0 Å². The standard InChI is InChI=1S/C16H21F2NO2/c17-14-6-5-12(8-15(14)18)21-13-2-1-7-16(9-13,10-20)19-11-3-4-11/h5-6,8,11,13,19-20H,1-4,7,9-10H2. The molecule has 0 aromatic heterocycles. The van der Waals surface area contributed by atoms with Crippen LogP contribution < -0.4 is 10.1 Å². The molecule has 2 atom stereocenters. The SMILES string of the molecule is OCC1(NC2CC2)CCCC(Oc2ccc(F)c(F)c2)C1. The molecule has 2 fully saturated rings. The summed E-state index contributed by atoms with van der Waals surface area (Å²) in [5.41, 5.74) is -0.289. The molecule has 116 valence electrons. The lowest BCUT2D eigenvalue weighted by Gasteiger charge is -2.40. The van der Waals surface area contributed by atoms with E-state index in [2.05, 4.69) is 5.32 Å². The number of hydrogen-bond donors (Lipinski definition) is 2. The van der Waals surface area contributed by atoms with E-state index in [1.807, 2.05) is 0 Å². The predicted molar refractivity (Wildman–Crippen MR) is 75.2 cm³/mol. The van der Waals surface area contributed by atoms with E-state index in [0.29, 0.717) is 18.2 Å². The zero-order valence-corrected chi connectivity index (χ0v) is 11.9. The Hall–Kier alpha value is -1.20. The van der Waals surface area contributed by atoms with Gasteiger partial charge in [-0.3, -0.25) is 0 Å². The van der Waals surface area contributed by atoms with Gasteiger partial charge in [-0.25, -0.2) is 8.78 Å². The van der Waals surface area contributed by atoms with Crippen molar-refractivity contribution in [1.29, 1.82) is 0 Å². The third-order valence-corrected chi connectivity index (χ3v) is 4.38. The third kappa shape index (κ3) is 3.52. The van der Waals surface area contributed by atoms with E-state index in [9.17, 15) is 13.9 Å². The first-order valence-electron chi connectivity index (χ1n) is 7.60. The van der Waals surface area contributed by atoms with Crippen LogP contribution in [0.4, 0.5) is 8.78 Å². The quantitative estimate of drug-likeness (QED) is 0.878. The van der Waals surface area contributed by atoms with Gasteiger partial charge in [0, 0.05) is 24.1 Å². The van der Waals surface area contributed by atoms with Gasteiger partial charge < -0.3 is 15.2 Å². The molecule has 2 saturated carbocycles. The molecule has 0 spiro atoms. The molecule has 21 heavy (non-hydrogen) atoms. The number of rotatable bonds is 5. The Balaban J connectivity index is 1.65. The highest BCUT2D eigenvalue weighted by atomic mass is 19.2. The van der Waals surface area contributed by atoms with Crippen molar-refractivity contribution in [3.8, 4) is 5.75 Å². The lowest BCUT2D eigenvalue weighted by atomic mass is 9.80. The molecule has 5 heteroatoms. The van der Waals surface area contributed by atoms with Crippen molar-refractivity contribution in [2.75, 3.05) is 6.61 Å². The summed E-state index contributed by atoms with van der Waals surface area (Å²) in [6.45, 7) is 0.0845. The summed E-state index contributed by atoms with van der Waals surface area (Å²) >= 11 is 0. The summed E-state index contributed by atoms with van der Waals surface area (Å²) < 4.78 is 31.9. The van der Waals surface area contributed by atoms with Crippen LogP contribution in [0.5, 0.6) is 5.75 Å². The second-order valence-electron chi connectivity index (χ2n) is 6.27. The molecule has 2 aliphatic carbocycles. The van der Waals surface area contributed by atoms with Crippen LogP contribution in [0, 0.1) is 11.6 Å². The van der Waals surface area contributed by atoms with Gasteiger partial charge >= 0.3 is 0 Å². The molecule has 0 amide bonds. The number of aliphatic hydroxyl groups excluding tert-OH is 1. The number of halogens is 2. The number of ether oxygens (including phenoxy) is 1. The second-order valence-corrected chi connectivity index (χ2v) is 6.27. The molecular formula is C16H21F2NO2. The summed E-state index contributed by atoms with van der Waals surface area (Å²) in [5, 5.41) is 13.3. The molecule has 0 bridgehead atoms. The maximum atomic E-state index is 13.2. The summed E-state index contributed by atoms with van der Waals surface area (Å²) in [7, 11) is 0. The molecule has 0 aliphatic heterocycles. The van der Waals surface area contributed by atoms with Crippen molar-refractivity contribution in [2.24, 2.45) is 0 Å². The lowest BCUT2D eigenvalue weighted by molar-refractivity contribution is 0.0495. The van der Waals surface area contributed by atoms with Crippen LogP contribution in [0.1, 0.15) is 38.5 Å². The Morgan fingerprint density at radius 3 is 2.71 bits per heavy atom. The maximum absolute atomic E-state index is 13.2. The molecule has 0 heterocycles. The molecule has 0 saturated heterocycles. The van der Waals surface area contributed by atoms with Crippen LogP contribution in [-0.4, -0.2) is 29.4 Å². The van der Waals surface area contributed by atoms with Gasteiger partial charge in [0.05, 0.1) is 6.61 Å². The monoisotopic (exact) mass is 297 g/mol. The van der Waals surface area contributed by atoms with Gasteiger partial charge in [0.25, 0.3) is 0 Å². The van der Waals surface area contributed by atoms with E-state index in [0.717, 1.165) is 44.2 Å². The Morgan fingerprint density at radius 2 is 2.05 bits per heavy atom.